The Morgan fingerprint density at radius 2 is 1.50 bits per heavy atom. The summed E-state index contributed by atoms with van der Waals surface area (Å²) >= 11 is 1.71. The fourth-order valence-electron chi connectivity index (χ4n) is 2.47. The van der Waals surface area contributed by atoms with Crippen molar-refractivity contribution in [2.24, 2.45) is 0 Å². The quantitative estimate of drug-likeness (QED) is 0.810. The second kappa shape index (κ2) is 6.96. The van der Waals surface area contributed by atoms with Gasteiger partial charge < -0.3 is 5.11 Å². The predicted molar refractivity (Wildman–Crippen MR) is 87.5 cm³/mol. The van der Waals surface area contributed by atoms with Crippen LogP contribution in [0.15, 0.2) is 47.4 Å². The number of hydrogen-bond acceptors (Lipinski definition) is 2. The van der Waals surface area contributed by atoms with Gasteiger partial charge in [0.05, 0.1) is 0 Å². The molecule has 0 aliphatic heterocycles. The highest BCUT2D eigenvalue weighted by Crippen LogP contribution is 2.26. The van der Waals surface area contributed by atoms with E-state index >= 15 is 0 Å². The van der Waals surface area contributed by atoms with E-state index in [9.17, 15) is 5.11 Å². The molecule has 0 aliphatic carbocycles. The van der Waals surface area contributed by atoms with Crippen molar-refractivity contribution >= 4 is 11.8 Å². The van der Waals surface area contributed by atoms with E-state index in [4.69, 9.17) is 0 Å². The Morgan fingerprint density at radius 3 is 2.05 bits per heavy atom. The van der Waals surface area contributed by atoms with E-state index < -0.39 is 6.10 Å². The van der Waals surface area contributed by atoms with E-state index in [-0.39, 0.29) is 0 Å². The van der Waals surface area contributed by atoms with Crippen LogP contribution in [0.5, 0.6) is 0 Å². The maximum Gasteiger partial charge on any atom is 0.104 e. The summed E-state index contributed by atoms with van der Waals surface area (Å²) in [6.45, 7) is 4.34. The minimum atomic E-state index is -0.540. The maximum absolute atomic E-state index is 10.5. The molecule has 20 heavy (non-hydrogen) atoms. The summed E-state index contributed by atoms with van der Waals surface area (Å²) in [5.74, 6) is 0. The minimum absolute atomic E-state index is 0.540. The van der Waals surface area contributed by atoms with Crippen molar-refractivity contribution in [1.82, 2.24) is 0 Å². The molecule has 0 saturated carbocycles. The smallest absolute Gasteiger partial charge is 0.104 e. The molecule has 0 saturated heterocycles. The number of benzene rings is 2. The monoisotopic (exact) mass is 286 g/mol. The van der Waals surface area contributed by atoms with Gasteiger partial charge in [0.25, 0.3) is 0 Å². The molecular formula is C18H22OS. The van der Waals surface area contributed by atoms with E-state index in [0.29, 0.717) is 0 Å². The van der Waals surface area contributed by atoms with Gasteiger partial charge >= 0.3 is 0 Å². The summed E-state index contributed by atoms with van der Waals surface area (Å²) in [5, 5.41) is 10.5. The minimum Gasteiger partial charge on any atom is -0.384 e. The fraction of sp³-hybridized carbons (Fsp3) is 0.333. The van der Waals surface area contributed by atoms with Crippen LogP contribution in [0.1, 0.15) is 42.2 Å². The molecule has 106 valence electrons. The maximum atomic E-state index is 10.5. The first-order valence-electron chi connectivity index (χ1n) is 7.13. The number of aryl methyl sites for hydroxylation is 2. The summed E-state index contributed by atoms with van der Waals surface area (Å²) in [6, 6.07) is 14.5. The normalized spacial score (nSPS) is 12.4. The van der Waals surface area contributed by atoms with Gasteiger partial charge in [-0.2, -0.15) is 0 Å². The lowest BCUT2D eigenvalue weighted by Crippen LogP contribution is -2.02. The molecule has 0 aliphatic rings. The van der Waals surface area contributed by atoms with Gasteiger partial charge in [-0.25, -0.2) is 0 Å². The van der Waals surface area contributed by atoms with Crippen molar-refractivity contribution in [2.75, 3.05) is 6.26 Å². The van der Waals surface area contributed by atoms with Gasteiger partial charge in [0.15, 0.2) is 0 Å². The summed E-state index contributed by atoms with van der Waals surface area (Å²) in [7, 11) is 0. The van der Waals surface area contributed by atoms with Crippen molar-refractivity contribution in [3.8, 4) is 0 Å². The van der Waals surface area contributed by atoms with Gasteiger partial charge in [-0.1, -0.05) is 44.2 Å². The van der Waals surface area contributed by atoms with Gasteiger partial charge in [0.2, 0.25) is 0 Å². The van der Waals surface area contributed by atoms with Gasteiger partial charge in [0, 0.05) is 4.90 Å². The molecule has 2 aromatic carbocycles. The zero-order valence-corrected chi connectivity index (χ0v) is 13.2. The van der Waals surface area contributed by atoms with Crippen molar-refractivity contribution < 1.29 is 5.11 Å². The Kier molecular flexibility index (Phi) is 5.27. The Morgan fingerprint density at radius 1 is 0.900 bits per heavy atom. The number of aliphatic hydroxyl groups is 1. The Bertz CT molecular complexity index is 560. The molecule has 0 heterocycles. The third-order valence-corrected chi connectivity index (χ3v) is 4.48. The first-order chi connectivity index (χ1) is 9.69. The lowest BCUT2D eigenvalue weighted by atomic mass is 9.95. The lowest BCUT2D eigenvalue weighted by Gasteiger charge is -2.15. The van der Waals surface area contributed by atoms with E-state index in [0.717, 1.165) is 24.0 Å². The van der Waals surface area contributed by atoms with Crippen molar-refractivity contribution in [3.63, 3.8) is 0 Å². The van der Waals surface area contributed by atoms with Crippen LogP contribution < -0.4 is 0 Å². The summed E-state index contributed by atoms with van der Waals surface area (Å²) < 4.78 is 0. The largest absolute Gasteiger partial charge is 0.384 e. The van der Waals surface area contributed by atoms with Gasteiger partial charge in [0.1, 0.15) is 6.10 Å². The molecule has 0 aromatic heterocycles. The van der Waals surface area contributed by atoms with Gasteiger partial charge in [-0.05, 0) is 53.5 Å². The molecule has 1 N–H and O–H groups in total. The Hall–Kier alpha value is -1.25. The van der Waals surface area contributed by atoms with Crippen LogP contribution in [-0.4, -0.2) is 11.4 Å². The number of rotatable bonds is 5. The van der Waals surface area contributed by atoms with Crippen LogP contribution in [0.4, 0.5) is 0 Å². The second-order valence-corrected chi connectivity index (χ2v) is 5.79. The van der Waals surface area contributed by atoms with Crippen LogP contribution in [-0.2, 0) is 12.8 Å². The molecule has 2 aromatic rings. The molecule has 1 atom stereocenters. The summed E-state index contributed by atoms with van der Waals surface area (Å²) in [4.78, 5) is 1.22. The number of hydrogen-bond donors (Lipinski definition) is 1. The van der Waals surface area contributed by atoms with Crippen LogP contribution in [0, 0.1) is 0 Å². The number of aliphatic hydroxyl groups excluding tert-OH is 1. The van der Waals surface area contributed by atoms with Crippen LogP contribution >= 0.6 is 11.8 Å². The molecule has 2 rings (SSSR count). The Labute approximate surface area is 126 Å². The molecule has 0 radical (unpaired) electrons. The summed E-state index contributed by atoms with van der Waals surface area (Å²) in [5.41, 5.74) is 4.65. The zero-order valence-electron chi connectivity index (χ0n) is 12.4. The van der Waals surface area contributed by atoms with Crippen molar-refractivity contribution in [2.45, 2.75) is 37.7 Å². The molecule has 2 heteroatoms. The highest BCUT2D eigenvalue weighted by atomic mass is 32.2. The van der Waals surface area contributed by atoms with E-state index in [1.54, 1.807) is 11.8 Å². The SMILES string of the molecule is CCc1ccc(C(O)c2ccc(SC)cc2)cc1CC. The van der Waals surface area contributed by atoms with Crippen molar-refractivity contribution in [3.05, 3.63) is 64.7 Å². The molecule has 1 unspecified atom stereocenters. The molecule has 0 amide bonds. The van der Waals surface area contributed by atoms with Crippen LogP contribution in [0.25, 0.3) is 0 Å². The van der Waals surface area contributed by atoms with Gasteiger partial charge in [-0.15, -0.1) is 11.8 Å². The third-order valence-electron chi connectivity index (χ3n) is 3.74. The zero-order chi connectivity index (χ0) is 14.5. The summed E-state index contributed by atoms with van der Waals surface area (Å²) in [6.07, 6.45) is 3.57. The fourth-order valence-corrected chi connectivity index (χ4v) is 2.88. The topological polar surface area (TPSA) is 20.2 Å². The van der Waals surface area contributed by atoms with Crippen molar-refractivity contribution in [1.29, 1.82) is 0 Å². The molecule has 1 nitrogen and oxygen atoms in total. The third kappa shape index (κ3) is 3.25. The molecular weight excluding hydrogens is 264 g/mol. The highest BCUT2D eigenvalue weighted by Gasteiger charge is 2.12. The van der Waals surface area contributed by atoms with Crippen LogP contribution in [0.2, 0.25) is 0 Å². The van der Waals surface area contributed by atoms with E-state index in [1.165, 1.54) is 16.0 Å². The van der Waals surface area contributed by atoms with Crippen LogP contribution in [0.3, 0.4) is 0 Å². The Balaban J connectivity index is 2.29. The molecule has 0 fully saturated rings. The van der Waals surface area contributed by atoms with Gasteiger partial charge in [-0.3, -0.25) is 0 Å². The first-order valence-corrected chi connectivity index (χ1v) is 8.35. The predicted octanol–water partition coefficient (Wildman–Crippen LogP) is 4.62. The lowest BCUT2D eigenvalue weighted by molar-refractivity contribution is 0.220. The average molecular weight is 286 g/mol. The van der Waals surface area contributed by atoms with E-state index in [2.05, 4.69) is 44.4 Å². The molecule has 0 bridgehead atoms. The standard InChI is InChI=1S/C18H22OS/c1-4-13-6-7-16(12-14(13)5-2)18(19)15-8-10-17(20-3)11-9-15/h6-12,18-19H,4-5H2,1-3H3. The second-order valence-electron chi connectivity index (χ2n) is 4.91. The highest BCUT2D eigenvalue weighted by molar-refractivity contribution is 7.98. The first kappa shape index (κ1) is 15.1. The number of thioether (sulfide) groups is 1. The molecule has 0 spiro atoms. The van der Waals surface area contributed by atoms with E-state index in [1.807, 2.05) is 18.2 Å². The average Bonchev–Trinajstić information content (AvgIpc) is 2.53.